The van der Waals surface area contributed by atoms with Crippen molar-refractivity contribution in [2.45, 2.75) is 5.60 Å². The third-order valence-electron chi connectivity index (χ3n) is 3.44. The molecule has 0 bridgehead atoms. The number of para-hydroxylation sites is 1. The number of carbonyl (C=O) groups excluding carboxylic acids is 1. The van der Waals surface area contributed by atoms with Gasteiger partial charge in [0.2, 0.25) is 0 Å². The first kappa shape index (κ1) is 13.1. The highest BCUT2D eigenvalue weighted by atomic mass is 79.9. The summed E-state index contributed by atoms with van der Waals surface area (Å²) in [5.74, 6) is -0.00641. The predicted octanol–water partition coefficient (Wildman–Crippen LogP) is 2.65. The van der Waals surface area contributed by atoms with Crippen LogP contribution < -0.4 is 10.1 Å². The van der Waals surface area contributed by atoms with E-state index in [1.54, 1.807) is 36.4 Å². The maximum absolute atomic E-state index is 12.3. The molecule has 1 aliphatic rings. The van der Waals surface area contributed by atoms with Crippen molar-refractivity contribution in [1.29, 1.82) is 0 Å². The first-order valence-corrected chi connectivity index (χ1v) is 6.84. The molecule has 20 heavy (non-hydrogen) atoms. The lowest BCUT2D eigenvalue weighted by atomic mass is 9.87. The zero-order chi connectivity index (χ0) is 14.3. The summed E-state index contributed by atoms with van der Waals surface area (Å²) in [6.45, 7) is 0. The number of fused-ring (bicyclic) bond motifs is 1. The Labute approximate surface area is 124 Å². The number of rotatable bonds is 2. The Morgan fingerprint density at radius 3 is 2.70 bits per heavy atom. The van der Waals surface area contributed by atoms with Crippen LogP contribution in [0.4, 0.5) is 5.69 Å². The van der Waals surface area contributed by atoms with Crippen molar-refractivity contribution in [3.05, 3.63) is 58.1 Å². The summed E-state index contributed by atoms with van der Waals surface area (Å²) in [5, 5.41) is 13.7. The number of ether oxygens (including phenoxy) is 1. The summed E-state index contributed by atoms with van der Waals surface area (Å²) in [7, 11) is 1.51. The summed E-state index contributed by atoms with van der Waals surface area (Å²) < 4.78 is 6.06. The molecule has 1 aliphatic heterocycles. The molecule has 1 atom stereocenters. The number of hydrogen-bond acceptors (Lipinski definition) is 3. The van der Waals surface area contributed by atoms with Crippen LogP contribution >= 0.6 is 15.9 Å². The van der Waals surface area contributed by atoms with Gasteiger partial charge in [-0.25, -0.2) is 0 Å². The van der Waals surface area contributed by atoms with Crippen LogP contribution in [0.25, 0.3) is 0 Å². The number of hydrogen-bond donors (Lipinski definition) is 2. The average molecular weight is 334 g/mol. The second kappa shape index (κ2) is 4.61. The Balaban J connectivity index is 2.27. The van der Waals surface area contributed by atoms with Gasteiger partial charge in [0.25, 0.3) is 5.91 Å². The highest BCUT2D eigenvalue weighted by molar-refractivity contribution is 9.10. The van der Waals surface area contributed by atoms with E-state index in [0.717, 1.165) is 4.47 Å². The largest absolute Gasteiger partial charge is 0.496 e. The van der Waals surface area contributed by atoms with Gasteiger partial charge in [-0.05, 0) is 24.3 Å². The summed E-state index contributed by atoms with van der Waals surface area (Å²) in [5.41, 5.74) is -0.198. The molecule has 0 aromatic heterocycles. The molecule has 0 saturated heterocycles. The SMILES string of the molecule is COc1ccccc1[C@]1(O)C(=O)Nc2ccc(Br)cc21. The highest BCUT2D eigenvalue weighted by Gasteiger charge is 2.48. The Bertz CT molecular complexity index is 701. The number of halogens is 1. The van der Waals surface area contributed by atoms with Crippen molar-refractivity contribution in [2.24, 2.45) is 0 Å². The number of carbonyl (C=O) groups is 1. The second-order valence-corrected chi connectivity index (χ2v) is 5.47. The van der Waals surface area contributed by atoms with Gasteiger partial charge < -0.3 is 15.2 Å². The van der Waals surface area contributed by atoms with E-state index in [9.17, 15) is 9.90 Å². The summed E-state index contributed by atoms with van der Waals surface area (Å²) in [4.78, 5) is 12.3. The summed E-state index contributed by atoms with van der Waals surface area (Å²) in [6.07, 6.45) is 0. The molecule has 1 amide bonds. The lowest BCUT2D eigenvalue weighted by molar-refractivity contribution is -0.129. The van der Waals surface area contributed by atoms with E-state index in [1.807, 2.05) is 6.07 Å². The fraction of sp³-hybridized carbons (Fsp3) is 0.133. The molecular weight excluding hydrogens is 322 g/mol. The first-order chi connectivity index (χ1) is 9.57. The molecule has 0 aliphatic carbocycles. The zero-order valence-corrected chi connectivity index (χ0v) is 12.3. The number of nitrogens with one attached hydrogen (secondary N) is 1. The molecule has 4 nitrogen and oxygen atoms in total. The van der Waals surface area contributed by atoms with Gasteiger partial charge in [0, 0.05) is 21.3 Å². The molecule has 102 valence electrons. The molecule has 0 radical (unpaired) electrons. The minimum Gasteiger partial charge on any atom is -0.496 e. The number of aliphatic hydroxyl groups is 1. The van der Waals surface area contributed by atoms with Gasteiger partial charge in [0.05, 0.1) is 7.11 Å². The van der Waals surface area contributed by atoms with Crippen LogP contribution in [0.1, 0.15) is 11.1 Å². The van der Waals surface area contributed by atoms with E-state index in [2.05, 4.69) is 21.2 Å². The van der Waals surface area contributed by atoms with E-state index >= 15 is 0 Å². The van der Waals surface area contributed by atoms with Crippen LogP contribution in [0.5, 0.6) is 5.75 Å². The van der Waals surface area contributed by atoms with Gasteiger partial charge in [-0.2, -0.15) is 0 Å². The van der Waals surface area contributed by atoms with Crippen molar-refractivity contribution in [2.75, 3.05) is 12.4 Å². The monoisotopic (exact) mass is 333 g/mol. The van der Waals surface area contributed by atoms with Gasteiger partial charge in [-0.15, -0.1) is 0 Å². The molecule has 0 spiro atoms. The fourth-order valence-electron chi connectivity index (χ4n) is 2.47. The molecule has 2 aromatic carbocycles. The van der Waals surface area contributed by atoms with Gasteiger partial charge in [-0.1, -0.05) is 34.1 Å². The summed E-state index contributed by atoms with van der Waals surface area (Å²) in [6, 6.07) is 12.3. The van der Waals surface area contributed by atoms with Gasteiger partial charge >= 0.3 is 0 Å². The average Bonchev–Trinajstić information content (AvgIpc) is 2.72. The number of amides is 1. The molecule has 2 aromatic rings. The molecule has 1 heterocycles. The van der Waals surface area contributed by atoms with Crippen LogP contribution in [0.15, 0.2) is 46.9 Å². The molecule has 0 unspecified atom stereocenters. The highest BCUT2D eigenvalue weighted by Crippen LogP contribution is 2.44. The molecule has 0 saturated carbocycles. The number of benzene rings is 2. The van der Waals surface area contributed by atoms with E-state index in [-0.39, 0.29) is 0 Å². The van der Waals surface area contributed by atoms with Crippen LogP contribution in [0.3, 0.4) is 0 Å². The maximum atomic E-state index is 12.3. The van der Waals surface area contributed by atoms with Crippen molar-refractivity contribution in [1.82, 2.24) is 0 Å². The van der Waals surface area contributed by atoms with Crippen molar-refractivity contribution >= 4 is 27.5 Å². The smallest absolute Gasteiger partial charge is 0.266 e. The molecule has 0 fully saturated rings. The molecule has 2 N–H and O–H groups in total. The molecule has 5 heteroatoms. The minimum absolute atomic E-state index is 0.428. The van der Waals surface area contributed by atoms with Crippen LogP contribution in [0, 0.1) is 0 Å². The quantitative estimate of drug-likeness (QED) is 0.888. The topological polar surface area (TPSA) is 58.6 Å². The third kappa shape index (κ3) is 1.74. The Hall–Kier alpha value is -1.85. The first-order valence-electron chi connectivity index (χ1n) is 6.04. The third-order valence-corrected chi connectivity index (χ3v) is 3.94. The van der Waals surface area contributed by atoms with Crippen molar-refractivity contribution in [3.8, 4) is 5.75 Å². The Morgan fingerprint density at radius 2 is 1.95 bits per heavy atom. The van der Waals surface area contributed by atoms with E-state index in [0.29, 0.717) is 22.6 Å². The number of anilines is 1. The maximum Gasteiger partial charge on any atom is 0.266 e. The zero-order valence-electron chi connectivity index (χ0n) is 10.7. The van der Waals surface area contributed by atoms with Crippen LogP contribution in [-0.2, 0) is 10.4 Å². The number of methoxy groups -OCH3 is 1. The Morgan fingerprint density at radius 1 is 1.20 bits per heavy atom. The molecular formula is C15H12BrNO3. The minimum atomic E-state index is -1.74. The fourth-order valence-corrected chi connectivity index (χ4v) is 2.83. The summed E-state index contributed by atoms with van der Waals surface area (Å²) >= 11 is 3.36. The molecule has 3 rings (SSSR count). The predicted molar refractivity (Wildman–Crippen MR) is 78.8 cm³/mol. The second-order valence-electron chi connectivity index (χ2n) is 4.55. The van der Waals surface area contributed by atoms with Gasteiger partial charge in [0.15, 0.2) is 5.60 Å². The van der Waals surface area contributed by atoms with E-state index in [4.69, 9.17) is 4.74 Å². The van der Waals surface area contributed by atoms with Crippen molar-refractivity contribution in [3.63, 3.8) is 0 Å². The Kier molecular flexibility index (Phi) is 3.03. The van der Waals surface area contributed by atoms with Gasteiger partial charge in [0.1, 0.15) is 5.75 Å². The van der Waals surface area contributed by atoms with Crippen LogP contribution in [-0.4, -0.2) is 18.1 Å². The van der Waals surface area contributed by atoms with Crippen molar-refractivity contribution < 1.29 is 14.6 Å². The lowest BCUT2D eigenvalue weighted by Crippen LogP contribution is -2.35. The lowest BCUT2D eigenvalue weighted by Gasteiger charge is -2.23. The van der Waals surface area contributed by atoms with E-state index in [1.165, 1.54) is 7.11 Å². The standard InChI is InChI=1S/C15H12BrNO3/c1-20-13-5-3-2-4-10(13)15(19)11-8-9(16)6-7-12(11)17-14(15)18/h2-8,19H,1H3,(H,17,18)/t15-/m1/s1. The normalized spacial score (nSPS) is 20.4. The van der Waals surface area contributed by atoms with Gasteiger partial charge in [-0.3, -0.25) is 4.79 Å². The van der Waals surface area contributed by atoms with E-state index < -0.39 is 11.5 Å². The van der Waals surface area contributed by atoms with Crippen LogP contribution in [0.2, 0.25) is 0 Å².